The Labute approximate surface area is 158 Å². The maximum Gasteiger partial charge on any atom is 0.231 e. The highest BCUT2D eigenvalue weighted by Gasteiger charge is 2.41. The molecule has 2 aromatic rings. The molecule has 0 N–H and O–H groups in total. The van der Waals surface area contributed by atoms with Crippen LogP contribution in [0.15, 0.2) is 24.3 Å². The maximum atomic E-state index is 5.62. The molecule has 4 aliphatic rings. The molecule has 0 aliphatic carbocycles. The monoisotopic (exact) mass is 373 g/mol. The van der Waals surface area contributed by atoms with Crippen molar-refractivity contribution in [3.63, 3.8) is 0 Å². The fourth-order valence-corrected chi connectivity index (χ4v) is 4.86. The van der Waals surface area contributed by atoms with Crippen LogP contribution in [0.2, 0.25) is 0 Å². The van der Waals surface area contributed by atoms with Gasteiger partial charge in [0.25, 0.3) is 0 Å². The quantitative estimate of drug-likeness (QED) is 0.760. The fourth-order valence-electron chi connectivity index (χ4n) is 4.86. The van der Waals surface area contributed by atoms with Crippen LogP contribution in [-0.4, -0.2) is 25.0 Å². The molecular weight excluding hydrogens is 354 g/mol. The number of halogens is 1. The van der Waals surface area contributed by atoms with E-state index in [9.17, 15) is 0 Å². The van der Waals surface area contributed by atoms with Crippen molar-refractivity contribution in [1.82, 2.24) is 4.90 Å². The minimum atomic E-state index is 0. The van der Waals surface area contributed by atoms with Crippen LogP contribution < -0.4 is 18.9 Å². The Kier molecular flexibility index (Phi) is 3.52. The first kappa shape index (κ1) is 16.1. The summed E-state index contributed by atoms with van der Waals surface area (Å²) in [5.41, 5.74) is 5.52. The minimum Gasteiger partial charge on any atom is -0.454 e. The molecule has 6 rings (SSSR count). The molecule has 5 nitrogen and oxygen atoms in total. The van der Waals surface area contributed by atoms with Crippen LogP contribution >= 0.6 is 12.4 Å². The van der Waals surface area contributed by atoms with E-state index >= 15 is 0 Å². The van der Waals surface area contributed by atoms with Gasteiger partial charge in [0.2, 0.25) is 13.6 Å². The van der Waals surface area contributed by atoms with Crippen molar-refractivity contribution in [2.75, 3.05) is 20.1 Å². The van der Waals surface area contributed by atoms with Crippen molar-refractivity contribution >= 4 is 12.4 Å². The number of ether oxygens (including phenoxy) is 4. The Morgan fingerprint density at radius 2 is 1.19 bits per heavy atom. The summed E-state index contributed by atoms with van der Waals surface area (Å²) in [5.74, 6) is 3.52. The molecule has 0 radical (unpaired) electrons. The standard InChI is InChI=1S/C20H19NO4.ClH/c1-2-21-15-3-11-5-17-19(24-9-22-17)7-13(11)16(21)4-12-6-18-20(8-14(12)15)25-10-23-18;/h5-8,15-16H,2-4,9-10H2,1H3;1H. The number of hydrogen-bond donors (Lipinski definition) is 0. The predicted octanol–water partition coefficient (Wildman–Crippen LogP) is 3.78. The van der Waals surface area contributed by atoms with E-state index in [1.165, 1.54) is 22.3 Å². The van der Waals surface area contributed by atoms with Gasteiger partial charge in [0.1, 0.15) is 0 Å². The first-order valence-corrected chi connectivity index (χ1v) is 8.92. The first-order chi connectivity index (χ1) is 12.3. The molecule has 0 saturated carbocycles. The second-order valence-electron chi connectivity index (χ2n) is 7.08. The molecule has 4 aliphatic heterocycles. The zero-order chi connectivity index (χ0) is 16.5. The third-order valence-corrected chi connectivity index (χ3v) is 5.98. The van der Waals surface area contributed by atoms with Crippen molar-refractivity contribution in [2.24, 2.45) is 0 Å². The van der Waals surface area contributed by atoms with Crippen LogP contribution in [0.1, 0.15) is 41.3 Å². The van der Waals surface area contributed by atoms with Crippen LogP contribution in [0.4, 0.5) is 0 Å². The summed E-state index contributed by atoms with van der Waals surface area (Å²) < 4.78 is 22.4. The number of nitrogens with zero attached hydrogens (tertiary/aromatic N) is 1. The van der Waals surface area contributed by atoms with Gasteiger partial charge in [0, 0.05) is 12.1 Å². The molecule has 2 atom stereocenters. The number of hydrogen-bond acceptors (Lipinski definition) is 5. The molecule has 2 bridgehead atoms. The summed E-state index contributed by atoms with van der Waals surface area (Å²) in [6, 6.07) is 9.51. The second kappa shape index (κ2) is 5.69. The van der Waals surface area contributed by atoms with Crippen molar-refractivity contribution in [3.05, 3.63) is 46.5 Å². The van der Waals surface area contributed by atoms with Crippen LogP contribution in [0.5, 0.6) is 23.0 Å². The molecule has 0 fully saturated rings. The summed E-state index contributed by atoms with van der Waals surface area (Å²) in [7, 11) is 0. The Morgan fingerprint density at radius 1 is 0.769 bits per heavy atom. The molecule has 6 heteroatoms. The largest absolute Gasteiger partial charge is 0.454 e. The summed E-state index contributed by atoms with van der Waals surface area (Å²) in [6.07, 6.45) is 1.98. The fraction of sp³-hybridized carbons (Fsp3) is 0.400. The summed E-state index contributed by atoms with van der Waals surface area (Å²) in [5, 5.41) is 0. The molecular formula is C20H20ClNO4. The third-order valence-electron chi connectivity index (χ3n) is 5.98. The van der Waals surface area contributed by atoms with Crippen LogP contribution in [0.3, 0.4) is 0 Å². The van der Waals surface area contributed by atoms with Gasteiger partial charge in [-0.05, 0) is 65.9 Å². The third kappa shape index (κ3) is 2.07. The lowest BCUT2D eigenvalue weighted by Gasteiger charge is -2.47. The molecule has 0 saturated heterocycles. The van der Waals surface area contributed by atoms with Crippen LogP contribution in [-0.2, 0) is 12.8 Å². The molecule has 0 aromatic heterocycles. The van der Waals surface area contributed by atoms with Gasteiger partial charge < -0.3 is 18.9 Å². The van der Waals surface area contributed by atoms with Gasteiger partial charge >= 0.3 is 0 Å². The van der Waals surface area contributed by atoms with E-state index in [1.54, 1.807) is 0 Å². The average molecular weight is 374 g/mol. The van der Waals surface area contributed by atoms with Gasteiger partial charge in [-0.2, -0.15) is 0 Å². The summed E-state index contributed by atoms with van der Waals surface area (Å²) >= 11 is 0. The first-order valence-electron chi connectivity index (χ1n) is 8.92. The molecule has 2 aromatic carbocycles. The Bertz CT molecular complexity index is 828. The van der Waals surface area contributed by atoms with E-state index in [0.29, 0.717) is 25.7 Å². The van der Waals surface area contributed by atoms with Gasteiger partial charge in [-0.15, -0.1) is 12.4 Å². The van der Waals surface area contributed by atoms with Gasteiger partial charge in [0.15, 0.2) is 23.0 Å². The van der Waals surface area contributed by atoms with E-state index in [-0.39, 0.29) is 12.4 Å². The molecule has 0 spiro atoms. The highest BCUT2D eigenvalue weighted by atomic mass is 35.5. The highest BCUT2D eigenvalue weighted by Crippen LogP contribution is 2.52. The molecule has 2 unspecified atom stereocenters. The second-order valence-corrected chi connectivity index (χ2v) is 7.08. The zero-order valence-electron chi connectivity index (χ0n) is 14.5. The van der Waals surface area contributed by atoms with E-state index in [0.717, 1.165) is 42.4 Å². The van der Waals surface area contributed by atoms with Gasteiger partial charge in [-0.1, -0.05) is 6.92 Å². The van der Waals surface area contributed by atoms with E-state index in [4.69, 9.17) is 18.9 Å². The number of rotatable bonds is 1. The number of benzene rings is 2. The molecule has 0 amide bonds. The van der Waals surface area contributed by atoms with Gasteiger partial charge in [-0.25, -0.2) is 0 Å². The lowest BCUT2D eigenvalue weighted by Crippen LogP contribution is -2.42. The summed E-state index contributed by atoms with van der Waals surface area (Å²) in [4.78, 5) is 2.61. The minimum absolute atomic E-state index is 0. The Morgan fingerprint density at radius 3 is 1.62 bits per heavy atom. The van der Waals surface area contributed by atoms with Gasteiger partial charge in [-0.3, -0.25) is 4.90 Å². The summed E-state index contributed by atoms with van der Waals surface area (Å²) in [6.45, 7) is 3.92. The number of fused-ring (bicyclic) bond motifs is 8. The SMILES string of the molecule is CCN1C2Cc3cc4c(cc3C1Cc1cc3c(cc12)OCO3)OCO4.Cl. The molecule has 4 heterocycles. The van der Waals surface area contributed by atoms with Crippen molar-refractivity contribution in [1.29, 1.82) is 0 Å². The van der Waals surface area contributed by atoms with Gasteiger partial charge in [0.05, 0.1) is 0 Å². The number of likely N-dealkylation sites (N-methyl/N-ethyl adjacent to an activating group) is 1. The van der Waals surface area contributed by atoms with E-state index < -0.39 is 0 Å². The zero-order valence-corrected chi connectivity index (χ0v) is 15.3. The van der Waals surface area contributed by atoms with E-state index in [1.807, 2.05) is 0 Å². The van der Waals surface area contributed by atoms with Crippen molar-refractivity contribution < 1.29 is 18.9 Å². The lowest BCUT2D eigenvalue weighted by atomic mass is 9.76. The van der Waals surface area contributed by atoms with Crippen molar-refractivity contribution in [3.8, 4) is 23.0 Å². The Balaban J connectivity index is 0.00000150. The average Bonchev–Trinajstić information content (AvgIpc) is 3.26. The Hall–Kier alpha value is -2.11. The topological polar surface area (TPSA) is 40.2 Å². The predicted molar refractivity (Wildman–Crippen MR) is 97.6 cm³/mol. The normalized spacial score (nSPS) is 23.9. The molecule has 26 heavy (non-hydrogen) atoms. The van der Waals surface area contributed by atoms with Crippen LogP contribution in [0, 0.1) is 0 Å². The smallest absolute Gasteiger partial charge is 0.231 e. The maximum absolute atomic E-state index is 5.62. The highest BCUT2D eigenvalue weighted by molar-refractivity contribution is 5.85. The molecule has 136 valence electrons. The van der Waals surface area contributed by atoms with E-state index in [2.05, 4.69) is 36.1 Å². The van der Waals surface area contributed by atoms with Crippen molar-refractivity contribution in [2.45, 2.75) is 31.8 Å². The van der Waals surface area contributed by atoms with Crippen LogP contribution in [0.25, 0.3) is 0 Å². The lowest BCUT2D eigenvalue weighted by molar-refractivity contribution is 0.109.